The summed E-state index contributed by atoms with van der Waals surface area (Å²) in [6.45, 7) is 4.14. The third-order valence-electron chi connectivity index (χ3n) is 3.69. The molecule has 0 heterocycles. The van der Waals surface area contributed by atoms with Gasteiger partial charge in [-0.2, -0.15) is 0 Å². The average molecular weight is 346 g/mol. The Hall–Kier alpha value is -2.18. The fourth-order valence-corrected chi connectivity index (χ4v) is 3.41. The van der Waals surface area contributed by atoms with Crippen molar-refractivity contribution >= 4 is 15.9 Å². The number of hydrogen-bond donors (Lipinski definition) is 2. The lowest BCUT2D eigenvalue weighted by Crippen LogP contribution is -2.32. The Morgan fingerprint density at radius 2 is 1.67 bits per heavy atom. The van der Waals surface area contributed by atoms with E-state index >= 15 is 0 Å². The normalized spacial score (nSPS) is 12.6. The second kappa shape index (κ2) is 8.08. The van der Waals surface area contributed by atoms with E-state index in [-0.39, 0.29) is 16.8 Å². The van der Waals surface area contributed by atoms with Gasteiger partial charge in [0.25, 0.3) is 5.91 Å². The van der Waals surface area contributed by atoms with Gasteiger partial charge in [0.1, 0.15) is 0 Å². The van der Waals surface area contributed by atoms with E-state index in [4.69, 9.17) is 0 Å². The van der Waals surface area contributed by atoms with Crippen LogP contribution in [0.3, 0.4) is 0 Å². The predicted octanol–water partition coefficient (Wildman–Crippen LogP) is 2.69. The van der Waals surface area contributed by atoms with Crippen molar-refractivity contribution in [2.24, 2.45) is 0 Å². The summed E-state index contributed by atoms with van der Waals surface area (Å²) in [7, 11) is -3.55. The summed E-state index contributed by atoms with van der Waals surface area (Å²) in [4.78, 5) is 12.3. The van der Waals surface area contributed by atoms with Crippen molar-refractivity contribution in [2.75, 3.05) is 0 Å². The quantitative estimate of drug-likeness (QED) is 0.809. The van der Waals surface area contributed by atoms with E-state index in [9.17, 15) is 13.2 Å². The largest absolute Gasteiger partial charge is 0.348 e. The number of amides is 1. The van der Waals surface area contributed by atoms with Crippen LogP contribution >= 0.6 is 0 Å². The molecule has 0 aliphatic carbocycles. The molecule has 1 atom stereocenters. The van der Waals surface area contributed by atoms with Gasteiger partial charge in [-0.3, -0.25) is 4.79 Å². The van der Waals surface area contributed by atoms with Gasteiger partial charge in [-0.05, 0) is 43.2 Å². The second-order valence-corrected chi connectivity index (χ2v) is 7.34. The zero-order valence-corrected chi connectivity index (χ0v) is 14.6. The maximum Gasteiger partial charge on any atom is 0.251 e. The summed E-state index contributed by atoms with van der Waals surface area (Å²) in [6, 6.07) is 15.4. The Balaban J connectivity index is 2.02. The Morgan fingerprint density at radius 3 is 2.25 bits per heavy atom. The Morgan fingerprint density at radius 1 is 1.04 bits per heavy atom. The van der Waals surface area contributed by atoms with Gasteiger partial charge in [-0.1, -0.05) is 37.3 Å². The first-order valence-corrected chi connectivity index (χ1v) is 9.35. The monoisotopic (exact) mass is 346 g/mol. The van der Waals surface area contributed by atoms with Gasteiger partial charge < -0.3 is 5.32 Å². The van der Waals surface area contributed by atoms with E-state index in [2.05, 4.69) is 10.0 Å². The summed E-state index contributed by atoms with van der Waals surface area (Å²) in [5.41, 5.74) is 1.43. The third kappa shape index (κ3) is 4.91. The van der Waals surface area contributed by atoms with Crippen LogP contribution < -0.4 is 10.0 Å². The molecule has 0 radical (unpaired) electrons. The highest BCUT2D eigenvalue weighted by Crippen LogP contribution is 2.12. The summed E-state index contributed by atoms with van der Waals surface area (Å²) in [5.74, 6) is -0.238. The number of nitrogens with one attached hydrogen (secondary N) is 2. The molecule has 0 aliphatic heterocycles. The van der Waals surface area contributed by atoms with E-state index in [1.807, 2.05) is 44.2 Å². The number of carbonyl (C=O) groups excluding carboxylic acids is 1. The zero-order valence-electron chi connectivity index (χ0n) is 13.8. The van der Waals surface area contributed by atoms with Crippen molar-refractivity contribution in [2.45, 2.75) is 37.8 Å². The molecule has 0 saturated heterocycles. The van der Waals surface area contributed by atoms with Crippen molar-refractivity contribution in [1.82, 2.24) is 10.0 Å². The molecule has 2 N–H and O–H groups in total. The minimum Gasteiger partial charge on any atom is -0.348 e. The summed E-state index contributed by atoms with van der Waals surface area (Å²) in [5, 5.41) is 2.81. The van der Waals surface area contributed by atoms with Crippen LogP contribution in [0.4, 0.5) is 0 Å². The standard InChI is InChI=1S/C18H22N2O3S/c1-3-14(2)20-24(22,23)17-11-9-16(10-12-17)18(21)19-13-15-7-5-4-6-8-15/h4-12,14,20H,3,13H2,1-2H3,(H,19,21). The number of hydrogen-bond acceptors (Lipinski definition) is 3. The molecule has 2 aromatic carbocycles. The van der Waals surface area contributed by atoms with Gasteiger partial charge in [-0.25, -0.2) is 13.1 Å². The van der Waals surface area contributed by atoms with Crippen molar-refractivity contribution in [1.29, 1.82) is 0 Å². The molecule has 2 rings (SSSR count). The number of carbonyl (C=O) groups is 1. The Bertz CT molecular complexity index is 772. The molecular weight excluding hydrogens is 324 g/mol. The number of sulfonamides is 1. The lowest BCUT2D eigenvalue weighted by molar-refractivity contribution is 0.0951. The van der Waals surface area contributed by atoms with Gasteiger partial charge in [0, 0.05) is 18.2 Å². The minimum atomic E-state index is -3.55. The van der Waals surface area contributed by atoms with Crippen LogP contribution in [0.15, 0.2) is 59.5 Å². The van der Waals surface area contributed by atoms with Crippen LogP contribution in [0, 0.1) is 0 Å². The molecule has 0 bridgehead atoms. The smallest absolute Gasteiger partial charge is 0.251 e. The predicted molar refractivity (Wildman–Crippen MR) is 94.1 cm³/mol. The van der Waals surface area contributed by atoms with Crippen LogP contribution in [0.5, 0.6) is 0 Å². The molecule has 6 heteroatoms. The van der Waals surface area contributed by atoms with E-state index in [1.54, 1.807) is 0 Å². The summed E-state index contributed by atoms with van der Waals surface area (Å²) >= 11 is 0. The third-order valence-corrected chi connectivity index (χ3v) is 5.30. The van der Waals surface area contributed by atoms with Gasteiger partial charge >= 0.3 is 0 Å². The highest BCUT2D eigenvalue weighted by atomic mass is 32.2. The molecule has 2 aromatic rings. The molecule has 1 amide bonds. The zero-order chi connectivity index (χ0) is 17.6. The van der Waals surface area contributed by atoms with Gasteiger partial charge in [-0.15, -0.1) is 0 Å². The van der Waals surface area contributed by atoms with Crippen LogP contribution in [-0.2, 0) is 16.6 Å². The minimum absolute atomic E-state index is 0.135. The molecule has 0 spiro atoms. The topological polar surface area (TPSA) is 75.3 Å². The van der Waals surface area contributed by atoms with Crippen LogP contribution in [0.2, 0.25) is 0 Å². The lowest BCUT2D eigenvalue weighted by Gasteiger charge is -2.12. The van der Waals surface area contributed by atoms with E-state index < -0.39 is 10.0 Å². The molecule has 0 aliphatic rings. The molecule has 128 valence electrons. The average Bonchev–Trinajstić information content (AvgIpc) is 2.60. The molecule has 24 heavy (non-hydrogen) atoms. The molecule has 0 aromatic heterocycles. The first-order valence-electron chi connectivity index (χ1n) is 7.87. The SMILES string of the molecule is CCC(C)NS(=O)(=O)c1ccc(C(=O)NCc2ccccc2)cc1. The first kappa shape index (κ1) is 18.2. The lowest BCUT2D eigenvalue weighted by atomic mass is 10.2. The van der Waals surface area contributed by atoms with Gasteiger partial charge in [0.2, 0.25) is 10.0 Å². The highest BCUT2D eigenvalue weighted by molar-refractivity contribution is 7.89. The maximum absolute atomic E-state index is 12.2. The molecular formula is C18H22N2O3S. The number of benzene rings is 2. The van der Waals surface area contributed by atoms with E-state index in [0.717, 1.165) is 5.56 Å². The van der Waals surface area contributed by atoms with Crippen molar-refractivity contribution in [3.8, 4) is 0 Å². The van der Waals surface area contributed by atoms with Crippen molar-refractivity contribution < 1.29 is 13.2 Å². The summed E-state index contributed by atoms with van der Waals surface area (Å²) in [6.07, 6.45) is 0.708. The number of rotatable bonds is 7. The molecule has 0 fully saturated rings. The first-order chi connectivity index (χ1) is 11.4. The van der Waals surface area contributed by atoms with E-state index in [0.29, 0.717) is 18.5 Å². The maximum atomic E-state index is 12.2. The molecule has 1 unspecified atom stereocenters. The molecule has 5 nitrogen and oxygen atoms in total. The second-order valence-electron chi connectivity index (χ2n) is 5.62. The van der Waals surface area contributed by atoms with E-state index in [1.165, 1.54) is 24.3 Å². The summed E-state index contributed by atoms with van der Waals surface area (Å²) < 4.78 is 27.0. The van der Waals surface area contributed by atoms with Gasteiger partial charge in [0.05, 0.1) is 4.90 Å². The van der Waals surface area contributed by atoms with Crippen LogP contribution in [0.25, 0.3) is 0 Å². The van der Waals surface area contributed by atoms with Crippen molar-refractivity contribution in [3.63, 3.8) is 0 Å². The molecule has 0 saturated carbocycles. The van der Waals surface area contributed by atoms with Crippen LogP contribution in [0.1, 0.15) is 36.2 Å². The fraction of sp³-hybridized carbons (Fsp3) is 0.278. The van der Waals surface area contributed by atoms with Crippen LogP contribution in [-0.4, -0.2) is 20.4 Å². The Kier molecular flexibility index (Phi) is 6.11. The Labute approximate surface area is 143 Å². The fourth-order valence-electron chi connectivity index (χ4n) is 2.08. The van der Waals surface area contributed by atoms with Crippen molar-refractivity contribution in [3.05, 3.63) is 65.7 Å². The highest BCUT2D eigenvalue weighted by Gasteiger charge is 2.17. The van der Waals surface area contributed by atoms with Gasteiger partial charge in [0.15, 0.2) is 0 Å².